The third-order valence-electron chi connectivity index (χ3n) is 1.43. The van der Waals surface area contributed by atoms with Crippen molar-refractivity contribution < 1.29 is 4.74 Å². The number of hydrogen-bond donors (Lipinski definition) is 1. The molecular formula is C9H19NO. The van der Waals surface area contributed by atoms with Gasteiger partial charge in [-0.1, -0.05) is 20.4 Å². The van der Waals surface area contributed by atoms with Crippen molar-refractivity contribution in [2.24, 2.45) is 11.7 Å². The molecule has 0 aliphatic carbocycles. The van der Waals surface area contributed by atoms with Crippen LogP contribution in [0.1, 0.15) is 20.3 Å². The highest BCUT2D eigenvalue weighted by atomic mass is 16.5. The van der Waals surface area contributed by atoms with Gasteiger partial charge in [-0.2, -0.15) is 0 Å². The van der Waals surface area contributed by atoms with E-state index in [0.717, 1.165) is 18.6 Å². The molecule has 0 aliphatic heterocycles. The number of hydrogen-bond acceptors (Lipinski definition) is 2. The molecule has 0 amide bonds. The fourth-order valence-electron chi connectivity index (χ4n) is 0.594. The van der Waals surface area contributed by atoms with E-state index in [1.807, 2.05) is 0 Å². The fraction of sp³-hybridized carbons (Fsp3) is 0.778. The Kier molecular flexibility index (Phi) is 6.18. The molecule has 0 fully saturated rings. The summed E-state index contributed by atoms with van der Waals surface area (Å²) in [5.41, 5.74) is 6.30. The predicted octanol–water partition coefficient (Wildman–Crippen LogP) is 1.56. The van der Waals surface area contributed by atoms with Crippen molar-refractivity contribution in [1.29, 1.82) is 0 Å². The van der Waals surface area contributed by atoms with Gasteiger partial charge in [0, 0.05) is 13.2 Å². The molecule has 0 unspecified atom stereocenters. The summed E-state index contributed by atoms with van der Waals surface area (Å²) in [5.74, 6) is 0.709. The lowest BCUT2D eigenvalue weighted by molar-refractivity contribution is 0.143. The Balaban J connectivity index is 3.08. The van der Waals surface area contributed by atoms with Crippen LogP contribution in [0.15, 0.2) is 12.2 Å². The Morgan fingerprint density at radius 2 is 2.18 bits per heavy atom. The topological polar surface area (TPSA) is 35.2 Å². The Labute approximate surface area is 69.4 Å². The van der Waals surface area contributed by atoms with Gasteiger partial charge in [-0.25, -0.2) is 0 Å². The van der Waals surface area contributed by atoms with Crippen LogP contribution in [0.2, 0.25) is 0 Å². The molecule has 0 aromatic heterocycles. The van der Waals surface area contributed by atoms with E-state index in [1.165, 1.54) is 0 Å². The van der Waals surface area contributed by atoms with Gasteiger partial charge in [0.05, 0.1) is 6.61 Å². The van der Waals surface area contributed by atoms with Crippen molar-refractivity contribution in [2.75, 3.05) is 19.8 Å². The van der Waals surface area contributed by atoms with E-state index in [-0.39, 0.29) is 0 Å². The molecule has 2 N–H and O–H groups in total. The zero-order chi connectivity index (χ0) is 8.69. The normalized spacial score (nSPS) is 10.5. The van der Waals surface area contributed by atoms with Crippen LogP contribution in [0, 0.1) is 5.92 Å². The molecule has 66 valence electrons. The highest BCUT2D eigenvalue weighted by molar-refractivity contribution is 4.95. The standard InChI is InChI=1S/C9H19NO/c1-8(2)4-5-11-7-9(3)6-10/h8H,3-7,10H2,1-2H3. The first-order valence-corrected chi connectivity index (χ1v) is 4.11. The second-order valence-electron chi connectivity index (χ2n) is 3.19. The van der Waals surface area contributed by atoms with Crippen molar-refractivity contribution in [2.45, 2.75) is 20.3 Å². The Morgan fingerprint density at radius 3 is 2.64 bits per heavy atom. The zero-order valence-electron chi connectivity index (χ0n) is 7.60. The van der Waals surface area contributed by atoms with Crippen LogP contribution in [-0.2, 0) is 4.74 Å². The third kappa shape index (κ3) is 7.56. The minimum absolute atomic E-state index is 0.529. The maximum atomic E-state index is 5.33. The Morgan fingerprint density at radius 1 is 1.55 bits per heavy atom. The molecular weight excluding hydrogens is 138 g/mol. The highest BCUT2D eigenvalue weighted by Gasteiger charge is 1.94. The number of nitrogens with two attached hydrogens (primary N) is 1. The van der Waals surface area contributed by atoms with Gasteiger partial charge in [0.15, 0.2) is 0 Å². The molecule has 0 radical (unpaired) electrons. The first-order valence-electron chi connectivity index (χ1n) is 4.11. The predicted molar refractivity (Wildman–Crippen MR) is 48.5 cm³/mol. The van der Waals surface area contributed by atoms with Crippen LogP contribution in [0.4, 0.5) is 0 Å². The van der Waals surface area contributed by atoms with Crippen LogP contribution in [0.25, 0.3) is 0 Å². The third-order valence-corrected chi connectivity index (χ3v) is 1.43. The quantitative estimate of drug-likeness (QED) is 0.469. The van der Waals surface area contributed by atoms with Crippen molar-refractivity contribution in [3.05, 3.63) is 12.2 Å². The lowest BCUT2D eigenvalue weighted by Crippen LogP contribution is -2.09. The van der Waals surface area contributed by atoms with E-state index in [4.69, 9.17) is 10.5 Å². The molecule has 0 rings (SSSR count). The minimum Gasteiger partial charge on any atom is -0.377 e. The summed E-state index contributed by atoms with van der Waals surface area (Å²) < 4.78 is 5.32. The van der Waals surface area contributed by atoms with Crippen LogP contribution in [0.3, 0.4) is 0 Å². The summed E-state index contributed by atoms with van der Waals surface area (Å²) in [5, 5.41) is 0. The lowest BCUT2D eigenvalue weighted by Gasteiger charge is -2.06. The van der Waals surface area contributed by atoms with Crippen molar-refractivity contribution in [3.8, 4) is 0 Å². The van der Waals surface area contributed by atoms with Crippen molar-refractivity contribution >= 4 is 0 Å². The minimum atomic E-state index is 0.529. The zero-order valence-corrected chi connectivity index (χ0v) is 7.60. The van der Waals surface area contributed by atoms with Crippen LogP contribution in [-0.4, -0.2) is 19.8 Å². The monoisotopic (exact) mass is 157 g/mol. The second kappa shape index (κ2) is 6.38. The Bertz CT molecular complexity index is 110. The summed E-state index contributed by atoms with van der Waals surface area (Å²) in [6.45, 7) is 10.1. The lowest BCUT2D eigenvalue weighted by atomic mass is 10.1. The Hall–Kier alpha value is -0.340. The average Bonchev–Trinajstić information content (AvgIpc) is 1.97. The fourth-order valence-corrected chi connectivity index (χ4v) is 0.594. The summed E-state index contributed by atoms with van der Waals surface area (Å²) in [6, 6.07) is 0. The van der Waals surface area contributed by atoms with E-state index in [9.17, 15) is 0 Å². The summed E-state index contributed by atoms with van der Waals surface area (Å²) in [7, 11) is 0. The summed E-state index contributed by atoms with van der Waals surface area (Å²) in [6.07, 6.45) is 1.11. The molecule has 0 aliphatic rings. The molecule has 11 heavy (non-hydrogen) atoms. The summed E-state index contributed by atoms with van der Waals surface area (Å²) in [4.78, 5) is 0. The van der Waals surface area contributed by atoms with Gasteiger partial charge in [0.1, 0.15) is 0 Å². The average molecular weight is 157 g/mol. The van der Waals surface area contributed by atoms with Gasteiger partial charge in [-0.15, -0.1) is 0 Å². The highest BCUT2D eigenvalue weighted by Crippen LogP contribution is 1.99. The molecule has 0 spiro atoms. The smallest absolute Gasteiger partial charge is 0.0686 e. The molecule has 0 aromatic rings. The largest absolute Gasteiger partial charge is 0.377 e. The van der Waals surface area contributed by atoms with Gasteiger partial charge in [-0.3, -0.25) is 0 Å². The van der Waals surface area contributed by atoms with Crippen molar-refractivity contribution in [1.82, 2.24) is 0 Å². The van der Waals surface area contributed by atoms with E-state index in [1.54, 1.807) is 0 Å². The van der Waals surface area contributed by atoms with Crippen LogP contribution < -0.4 is 5.73 Å². The maximum Gasteiger partial charge on any atom is 0.0686 e. The van der Waals surface area contributed by atoms with E-state index in [0.29, 0.717) is 19.1 Å². The first kappa shape index (κ1) is 10.7. The van der Waals surface area contributed by atoms with Crippen LogP contribution >= 0.6 is 0 Å². The van der Waals surface area contributed by atoms with Gasteiger partial charge >= 0.3 is 0 Å². The van der Waals surface area contributed by atoms with E-state index >= 15 is 0 Å². The van der Waals surface area contributed by atoms with Crippen molar-refractivity contribution in [3.63, 3.8) is 0 Å². The van der Waals surface area contributed by atoms with Gasteiger partial charge in [0.25, 0.3) is 0 Å². The molecule has 0 aromatic carbocycles. The summed E-state index contributed by atoms with van der Waals surface area (Å²) >= 11 is 0. The van der Waals surface area contributed by atoms with E-state index in [2.05, 4.69) is 20.4 Å². The molecule has 0 atom stereocenters. The van der Waals surface area contributed by atoms with Crippen LogP contribution in [0.5, 0.6) is 0 Å². The van der Waals surface area contributed by atoms with E-state index < -0.39 is 0 Å². The SMILES string of the molecule is C=C(CN)COCCC(C)C. The van der Waals surface area contributed by atoms with Gasteiger partial charge < -0.3 is 10.5 Å². The molecule has 0 bridgehead atoms. The molecule has 2 nitrogen and oxygen atoms in total. The number of rotatable bonds is 6. The molecule has 2 heteroatoms. The molecule has 0 heterocycles. The molecule has 0 saturated heterocycles. The molecule has 0 saturated carbocycles. The second-order valence-corrected chi connectivity index (χ2v) is 3.19. The first-order chi connectivity index (χ1) is 5.16. The number of ether oxygens (including phenoxy) is 1. The maximum absolute atomic E-state index is 5.33. The van der Waals surface area contributed by atoms with Gasteiger partial charge in [-0.05, 0) is 17.9 Å². The van der Waals surface area contributed by atoms with Gasteiger partial charge in [0.2, 0.25) is 0 Å².